The summed E-state index contributed by atoms with van der Waals surface area (Å²) in [6.45, 7) is 4.40. The number of hydrogen-bond acceptors (Lipinski definition) is 4. The minimum Gasteiger partial charge on any atom is -0.489 e. The molecule has 0 bridgehead atoms. The van der Waals surface area contributed by atoms with E-state index in [1.54, 1.807) is 12.4 Å². The molecule has 0 fully saturated rings. The van der Waals surface area contributed by atoms with Crippen molar-refractivity contribution < 1.29 is 9.84 Å². The summed E-state index contributed by atoms with van der Waals surface area (Å²) in [5.74, 6) is 1.15. The second-order valence-corrected chi connectivity index (χ2v) is 5.21. The lowest BCUT2D eigenvalue weighted by Crippen LogP contribution is -2.22. The summed E-state index contributed by atoms with van der Waals surface area (Å²) in [5, 5.41) is 12.3. The van der Waals surface area contributed by atoms with Crippen molar-refractivity contribution in [2.75, 3.05) is 13.2 Å². The fourth-order valence-electron chi connectivity index (χ4n) is 1.88. The first-order valence-corrected chi connectivity index (χ1v) is 7.20. The molecule has 0 saturated carbocycles. The van der Waals surface area contributed by atoms with E-state index in [9.17, 15) is 0 Å². The number of nitrogens with one attached hydrogen (secondary N) is 1. The molecule has 0 spiro atoms. The van der Waals surface area contributed by atoms with Crippen LogP contribution in [0.25, 0.3) is 0 Å². The molecule has 1 aromatic carbocycles. The topological polar surface area (TPSA) is 54.4 Å². The van der Waals surface area contributed by atoms with Gasteiger partial charge in [-0.3, -0.25) is 4.98 Å². The third kappa shape index (κ3) is 5.53. The molecule has 1 unspecified atom stereocenters. The van der Waals surface area contributed by atoms with Crippen LogP contribution in [-0.4, -0.2) is 23.2 Å². The molecule has 4 nitrogen and oxygen atoms in total. The van der Waals surface area contributed by atoms with E-state index in [1.165, 1.54) is 5.56 Å². The maximum atomic E-state index is 8.96. The first-order chi connectivity index (χ1) is 10.3. The van der Waals surface area contributed by atoms with Gasteiger partial charge in [-0.25, -0.2) is 0 Å². The number of hydrogen-bond donors (Lipinski definition) is 2. The zero-order valence-electron chi connectivity index (χ0n) is 12.3. The summed E-state index contributed by atoms with van der Waals surface area (Å²) in [7, 11) is 0. The Hall–Kier alpha value is -1.91. The monoisotopic (exact) mass is 286 g/mol. The fourth-order valence-corrected chi connectivity index (χ4v) is 1.88. The number of aromatic nitrogens is 1. The minimum atomic E-state index is 0.217. The molecule has 0 radical (unpaired) electrons. The quantitative estimate of drug-likeness (QED) is 0.782. The van der Waals surface area contributed by atoms with Crippen molar-refractivity contribution >= 4 is 0 Å². The molecule has 0 aliphatic rings. The van der Waals surface area contributed by atoms with Crippen molar-refractivity contribution in [3.05, 3.63) is 59.9 Å². The van der Waals surface area contributed by atoms with Crippen LogP contribution in [0.15, 0.2) is 48.8 Å². The number of ether oxygens (including phenoxy) is 1. The molecular formula is C17H22N2O2. The Morgan fingerprint density at radius 2 is 1.81 bits per heavy atom. The van der Waals surface area contributed by atoms with Crippen LogP contribution < -0.4 is 10.1 Å². The van der Waals surface area contributed by atoms with Gasteiger partial charge < -0.3 is 15.2 Å². The summed E-state index contributed by atoms with van der Waals surface area (Å²) < 4.78 is 5.73. The highest BCUT2D eigenvalue weighted by atomic mass is 16.5. The lowest BCUT2D eigenvalue weighted by atomic mass is 10.2. The number of aliphatic hydroxyl groups excluding tert-OH is 1. The highest BCUT2D eigenvalue weighted by molar-refractivity contribution is 5.27. The van der Waals surface area contributed by atoms with Crippen LogP contribution in [-0.2, 0) is 13.2 Å². The summed E-state index contributed by atoms with van der Waals surface area (Å²) in [6.07, 6.45) is 3.53. The van der Waals surface area contributed by atoms with Crippen LogP contribution >= 0.6 is 0 Å². The Morgan fingerprint density at radius 3 is 2.48 bits per heavy atom. The maximum Gasteiger partial charge on any atom is 0.119 e. The van der Waals surface area contributed by atoms with Gasteiger partial charge >= 0.3 is 0 Å². The molecule has 21 heavy (non-hydrogen) atoms. The minimum absolute atomic E-state index is 0.217. The van der Waals surface area contributed by atoms with Crippen molar-refractivity contribution in [1.82, 2.24) is 10.3 Å². The third-order valence-corrected chi connectivity index (χ3v) is 3.21. The molecule has 4 heteroatoms. The van der Waals surface area contributed by atoms with E-state index in [1.807, 2.05) is 31.2 Å². The van der Waals surface area contributed by atoms with E-state index >= 15 is 0 Å². The first kappa shape index (κ1) is 15.5. The summed E-state index contributed by atoms with van der Waals surface area (Å²) in [4.78, 5) is 3.98. The standard InChI is InChI=1S/C17H22N2O2/c1-14(12-20)10-19-11-15-2-4-17(5-3-15)21-13-16-6-8-18-9-7-16/h2-9,14,19-20H,10-13H2,1H3. The molecule has 1 heterocycles. The highest BCUT2D eigenvalue weighted by Crippen LogP contribution is 2.14. The molecule has 0 aliphatic heterocycles. The largest absolute Gasteiger partial charge is 0.489 e. The van der Waals surface area contributed by atoms with Crippen LogP contribution in [0.2, 0.25) is 0 Å². The molecule has 0 aliphatic carbocycles. The van der Waals surface area contributed by atoms with Crippen LogP contribution in [0.4, 0.5) is 0 Å². The second-order valence-electron chi connectivity index (χ2n) is 5.21. The molecule has 2 aromatic rings. The summed E-state index contributed by atoms with van der Waals surface area (Å²) in [5.41, 5.74) is 2.31. The van der Waals surface area contributed by atoms with Crippen molar-refractivity contribution in [2.24, 2.45) is 5.92 Å². The van der Waals surface area contributed by atoms with Crippen LogP contribution in [0.5, 0.6) is 5.75 Å². The second kappa shape index (κ2) is 8.39. The number of benzene rings is 1. The van der Waals surface area contributed by atoms with E-state index < -0.39 is 0 Å². The lowest BCUT2D eigenvalue weighted by molar-refractivity contribution is 0.233. The van der Waals surface area contributed by atoms with Gasteiger partial charge in [-0.15, -0.1) is 0 Å². The third-order valence-electron chi connectivity index (χ3n) is 3.21. The van der Waals surface area contributed by atoms with Gasteiger partial charge in [0, 0.05) is 32.1 Å². The van der Waals surface area contributed by atoms with Gasteiger partial charge in [0.25, 0.3) is 0 Å². The molecule has 1 atom stereocenters. The SMILES string of the molecule is CC(CO)CNCc1ccc(OCc2ccncc2)cc1. The number of nitrogens with zero attached hydrogens (tertiary/aromatic N) is 1. The predicted octanol–water partition coefficient (Wildman–Crippen LogP) is 2.38. The molecule has 0 saturated heterocycles. The normalized spacial score (nSPS) is 12.1. The Balaban J connectivity index is 1.76. The van der Waals surface area contributed by atoms with E-state index in [4.69, 9.17) is 9.84 Å². The summed E-state index contributed by atoms with van der Waals surface area (Å²) in [6, 6.07) is 12.0. The molecule has 112 valence electrons. The average Bonchev–Trinajstić information content (AvgIpc) is 2.55. The Labute approximate surface area is 125 Å². The maximum absolute atomic E-state index is 8.96. The Morgan fingerprint density at radius 1 is 1.10 bits per heavy atom. The van der Waals surface area contributed by atoms with Crippen molar-refractivity contribution in [1.29, 1.82) is 0 Å². The van der Waals surface area contributed by atoms with Gasteiger partial charge in [-0.1, -0.05) is 19.1 Å². The highest BCUT2D eigenvalue weighted by Gasteiger charge is 2.00. The number of rotatable bonds is 8. The lowest BCUT2D eigenvalue weighted by Gasteiger charge is -2.10. The van der Waals surface area contributed by atoms with Crippen LogP contribution in [0.3, 0.4) is 0 Å². The van der Waals surface area contributed by atoms with Gasteiger partial charge in [-0.2, -0.15) is 0 Å². The summed E-state index contributed by atoms with van der Waals surface area (Å²) >= 11 is 0. The Kier molecular flexibility index (Phi) is 6.19. The van der Waals surface area contributed by atoms with Crippen LogP contribution in [0.1, 0.15) is 18.1 Å². The predicted molar refractivity (Wildman–Crippen MR) is 83.0 cm³/mol. The van der Waals surface area contributed by atoms with Gasteiger partial charge in [0.15, 0.2) is 0 Å². The average molecular weight is 286 g/mol. The number of pyridine rings is 1. The van der Waals surface area contributed by atoms with Crippen molar-refractivity contribution in [3.8, 4) is 5.75 Å². The fraction of sp³-hybridized carbons (Fsp3) is 0.353. The van der Waals surface area contributed by atoms with Gasteiger partial charge in [0.2, 0.25) is 0 Å². The molecule has 2 N–H and O–H groups in total. The molecule has 2 rings (SSSR count). The van der Waals surface area contributed by atoms with E-state index in [-0.39, 0.29) is 12.5 Å². The smallest absolute Gasteiger partial charge is 0.119 e. The van der Waals surface area contributed by atoms with E-state index in [2.05, 4.69) is 22.4 Å². The van der Waals surface area contributed by atoms with Crippen LogP contribution in [0, 0.1) is 5.92 Å². The van der Waals surface area contributed by atoms with E-state index in [0.717, 1.165) is 24.4 Å². The van der Waals surface area contributed by atoms with Gasteiger partial charge in [0.1, 0.15) is 12.4 Å². The molecular weight excluding hydrogens is 264 g/mol. The first-order valence-electron chi connectivity index (χ1n) is 7.20. The van der Waals surface area contributed by atoms with Gasteiger partial charge in [-0.05, 0) is 41.3 Å². The molecule has 1 aromatic heterocycles. The zero-order chi connectivity index (χ0) is 14.9. The molecule has 0 amide bonds. The Bertz CT molecular complexity index is 514. The number of aliphatic hydroxyl groups is 1. The zero-order valence-corrected chi connectivity index (χ0v) is 12.3. The van der Waals surface area contributed by atoms with E-state index in [0.29, 0.717) is 6.61 Å². The van der Waals surface area contributed by atoms with Crippen molar-refractivity contribution in [3.63, 3.8) is 0 Å². The van der Waals surface area contributed by atoms with Gasteiger partial charge in [0.05, 0.1) is 0 Å². The van der Waals surface area contributed by atoms with Crippen molar-refractivity contribution in [2.45, 2.75) is 20.1 Å².